The fourth-order valence-electron chi connectivity index (χ4n) is 4.07. The molecule has 2 heterocycles. The van der Waals surface area contributed by atoms with E-state index in [4.69, 9.17) is 14.3 Å². The second-order valence-corrected chi connectivity index (χ2v) is 11.1. The van der Waals surface area contributed by atoms with Crippen LogP contribution < -0.4 is 4.31 Å². The van der Waals surface area contributed by atoms with E-state index >= 15 is 0 Å². The van der Waals surface area contributed by atoms with Gasteiger partial charge in [0.05, 0.1) is 16.3 Å². The minimum Gasteiger partial charge on any atom is -0.450 e. The van der Waals surface area contributed by atoms with Crippen LogP contribution in [-0.4, -0.2) is 30.9 Å². The number of sulfonamides is 1. The van der Waals surface area contributed by atoms with Gasteiger partial charge < -0.3 is 14.3 Å². The summed E-state index contributed by atoms with van der Waals surface area (Å²) in [4.78, 5) is 16.5. The lowest BCUT2D eigenvalue weighted by Crippen LogP contribution is -2.40. The third-order valence-corrected chi connectivity index (χ3v) is 8.70. The molecule has 1 aromatic heterocycles. The molecule has 1 N–H and O–H groups in total. The number of rotatable bonds is 7. The second kappa shape index (κ2) is 9.91. The molecule has 0 saturated carbocycles. The summed E-state index contributed by atoms with van der Waals surface area (Å²) in [6.07, 6.45) is -2.60. The molecule has 0 amide bonds. The molecule has 4 aromatic rings. The Balaban J connectivity index is 1.32. The van der Waals surface area contributed by atoms with Gasteiger partial charge in [-0.3, -0.25) is 0 Å². The molecule has 37 heavy (non-hydrogen) atoms. The minimum absolute atomic E-state index is 0.0174. The molecule has 0 unspecified atom stereocenters. The first-order valence-electron chi connectivity index (χ1n) is 11.2. The number of thioether (sulfide) groups is 1. The van der Waals surface area contributed by atoms with Crippen molar-refractivity contribution in [2.75, 3.05) is 4.31 Å². The summed E-state index contributed by atoms with van der Waals surface area (Å²) in [5, 5.41) is 9.12. The maximum atomic E-state index is 13.5. The van der Waals surface area contributed by atoms with Crippen molar-refractivity contribution in [3.63, 3.8) is 0 Å². The van der Waals surface area contributed by atoms with Gasteiger partial charge in [-0.15, -0.1) is 11.8 Å². The molecule has 0 spiro atoms. The van der Waals surface area contributed by atoms with Crippen molar-refractivity contribution in [2.45, 2.75) is 35.1 Å². The first-order valence-corrected chi connectivity index (χ1v) is 13.6. The average molecular weight is 541 g/mol. The van der Waals surface area contributed by atoms with E-state index in [1.165, 1.54) is 36.0 Å². The topological polar surface area (TPSA) is 110 Å². The lowest BCUT2D eigenvalue weighted by molar-refractivity contribution is 0.0596. The highest BCUT2D eigenvalue weighted by Gasteiger charge is 2.40. The highest BCUT2D eigenvalue weighted by molar-refractivity contribution is 7.98. The van der Waals surface area contributed by atoms with E-state index in [0.29, 0.717) is 34.2 Å². The van der Waals surface area contributed by atoms with Gasteiger partial charge in [0, 0.05) is 22.6 Å². The number of hydrogen-bond acceptors (Lipinski definition) is 7. The number of ether oxygens (including phenoxy) is 1. The highest BCUT2D eigenvalue weighted by Crippen LogP contribution is 2.37. The number of halogens is 1. The number of benzene rings is 3. The van der Waals surface area contributed by atoms with Crippen molar-refractivity contribution < 1.29 is 31.9 Å². The van der Waals surface area contributed by atoms with E-state index in [0.717, 1.165) is 14.9 Å². The fraction of sp³-hybridized carbons (Fsp3) is 0.154. The van der Waals surface area contributed by atoms with Gasteiger partial charge in [0.25, 0.3) is 10.0 Å². The van der Waals surface area contributed by atoms with E-state index in [1.807, 2.05) is 0 Å². The van der Waals surface area contributed by atoms with E-state index in [-0.39, 0.29) is 17.1 Å². The number of carboxylic acid groups (broad SMARTS) is 1. The number of para-hydroxylation sites is 1. The van der Waals surface area contributed by atoms with Crippen LogP contribution in [0.15, 0.2) is 87.0 Å². The van der Waals surface area contributed by atoms with Gasteiger partial charge >= 0.3 is 6.16 Å². The summed E-state index contributed by atoms with van der Waals surface area (Å²) in [5.74, 6) is 1.19. The Morgan fingerprint density at radius 3 is 2.54 bits per heavy atom. The molecular formula is C26H21FN2O6S2. The first kappa shape index (κ1) is 24.8. The predicted molar refractivity (Wildman–Crippen MR) is 135 cm³/mol. The zero-order valence-electron chi connectivity index (χ0n) is 19.5. The molecule has 0 saturated heterocycles. The summed E-state index contributed by atoms with van der Waals surface area (Å²) >= 11 is 1.45. The predicted octanol–water partition coefficient (Wildman–Crippen LogP) is 5.85. The molecule has 11 heteroatoms. The van der Waals surface area contributed by atoms with Crippen molar-refractivity contribution >= 4 is 33.6 Å². The Labute approximate surface area is 216 Å². The molecule has 1 aliphatic rings. The van der Waals surface area contributed by atoms with Crippen LogP contribution in [0, 0.1) is 12.7 Å². The summed E-state index contributed by atoms with van der Waals surface area (Å²) in [7, 11) is -4.09. The Bertz CT molecular complexity index is 1550. The maximum absolute atomic E-state index is 13.5. The molecule has 0 aliphatic carbocycles. The maximum Gasteiger partial charge on any atom is 0.507 e. The van der Waals surface area contributed by atoms with Crippen LogP contribution in [0.5, 0.6) is 0 Å². The molecule has 1 aliphatic heterocycles. The fourth-order valence-corrected chi connectivity index (χ4v) is 6.54. The molecule has 0 bridgehead atoms. The summed E-state index contributed by atoms with van der Waals surface area (Å²) in [6, 6.07) is 19.0. The van der Waals surface area contributed by atoms with Crippen LogP contribution >= 0.6 is 11.8 Å². The van der Waals surface area contributed by atoms with Gasteiger partial charge in [-0.2, -0.15) is 0 Å². The van der Waals surface area contributed by atoms with Gasteiger partial charge in [0.2, 0.25) is 5.89 Å². The zero-order chi connectivity index (χ0) is 26.2. The molecule has 5 rings (SSSR count). The van der Waals surface area contributed by atoms with E-state index in [1.54, 1.807) is 55.5 Å². The van der Waals surface area contributed by atoms with Crippen LogP contribution in [0.4, 0.5) is 14.9 Å². The molecule has 1 atom stereocenters. The van der Waals surface area contributed by atoms with Crippen molar-refractivity contribution in [1.29, 1.82) is 0 Å². The van der Waals surface area contributed by atoms with Crippen molar-refractivity contribution in [3.8, 4) is 11.5 Å². The van der Waals surface area contributed by atoms with E-state index < -0.39 is 22.4 Å². The molecule has 8 nitrogen and oxygen atoms in total. The van der Waals surface area contributed by atoms with Gasteiger partial charge in [0.15, 0.2) is 6.23 Å². The lowest BCUT2D eigenvalue weighted by Gasteiger charge is -2.25. The Kier molecular flexibility index (Phi) is 6.65. The SMILES string of the molecule is Cc1oc(-c2ccc(F)cc2)nc1CSc1ccc(S(=O)(=O)N2c3ccccc3C[C@H]2OC(=O)O)cc1. The monoisotopic (exact) mass is 540 g/mol. The molecule has 3 aromatic carbocycles. The second-order valence-electron chi connectivity index (χ2n) is 8.26. The summed E-state index contributed by atoms with van der Waals surface area (Å²) in [6.45, 7) is 1.80. The van der Waals surface area contributed by atoms with Gasteiger partial charge in [0.1, 0.15) is 11.6 Å². The normalized spacial score (nSPS) is 15.0. The highest BCUT2D eigenvalue weighted by atomic mass is 32.2. The number of oxazole rings is 1. The first-order chi connectivity index (χ1) is 17.7. The quantitative estimate of drug-likeness (QED) is 0.230. The van der Waals surface area contributed by atoms with E-state index in [2.05, 4.69) is 4.98 Å². The number of aromatic nitrogens is 1. The third kappa shape index (κ3) is 5.05. The van der Waals surface area contributed by atoms with Crippen LogP contribution in [0.1, 0.15) is 17.0 Å². The lowest BCUT2D eigenvalue weighted by atomic mass is 10.2. The molecule has 0 fully saturated rings. The van der Waals surface area contributed by atoms with Crippen LogP contribution in [0.3, 0.4) is 0 Å². The standard InChI is InChI=1S/C26H21FN2O6S2/c1-16-22(28-25(34-16)17-6-8-19(27)9-7-17)15-36-20-10-12-21(13-11-20)37(32,33)29-23-5-3-2-4-18(23)14-24(29)35-26(30)31/h2-13,24H,14-15H2,1H3,(H,30,31)/t24-/m1/s1. The van der Waals surface area contributed by atoms with E-state index in [9.17, 15) is 17.6 Å². The van der Waals surface area contributed by atoms with Crippen molar-refractivity contribution in [2.24, 2.45) is 0 Å². The number of carbonyl (C=O) groups is 1. The number of nitrogens with zero attached hydrogens (tertiary/aromatic N) is 2. The van der Waals surface area contributed by atoms with Crippen LogP contribution in [0.2, 0.25) is 0 Å². The molecule has 190 valence electrons. The summed E-state index contributed by atoms with van der Waals surface area (Å²) in [5.41, 5.74) is 2.48. The number of hydrogen-bond donors (Lipinski definition) is 1. The Morgan fingerprint density at radius 1 is 1.14 bits per heavy atom. The average Bonchev–Trinajstić information content (AvgIpc) is 3.43. The van der Waals surface area contributed by atoms with Crippen molar-refractivity contribution in [1.82, 2.24) is 4.98 Å². The largest absolute Gasteiger partial charge is 0.507 e. The Hall–Kier alpha value is -3.83. The van der Waals surface area contributed by atoms with Gasteiger partial charge in [-0.05, 0) is 67.1 Å². The number of fused-ring (bicyclic) bond motifs is 1. The van der Waals surface area contributed by atoms with Gasteiger partial charge in [-0.1, -0.05) is 18.2 Å². The van der Waals surface area contributed by atoms with Gasteiger partial charge in [-0.25, -0.2) is 26.9 Å². The number of aryl methyl sites for hydroxylation is 1. The van der Waals surface area contributed by atoms with Crippen LogP contribution in [-0.2, 0) is 26.9 Å². The number of anilines is 1. The molecule has 0 radical (unpaired) electrons. The van der Waals surface area contributed by atoms with Crippen molar-refractivity contribution in [3.05, 3.63) is 95.6 Å². The Morgan fingerprint density at radius 2 is 1.84 bits per heavy atom. The van der Waals surface area contributed by atoms with Crippen LogP contribution in [0.25, 0.3) is 11.5 Å². The third-order valence-electron chi connectivity index (χ3n) is 5.86. The smallest absolute Gasteiger partial charge is 0.450 e. The zero-order valence-corrected chi connectivity index (χ0v) is 21.1. The minimum atomic E-state index is -4.09. The summed E-state index contributed by atoms with van der Waals surface area (Å²) < 4.78 is 51.8. The molecular weight excluding hydrogens is 519 g/mol.